The molecule has 0 aromatic carbocycles. The van der Waals surface area contributed by atoms with Crippen LogP contribution in [-0.2, 0) is 13.5 Å². The Hall–Kier alpha value is -0.540. The van der Waals surface area contributed by atoms with Gasteiger partial charge in [0.05, 0.1) is 16.4 Å². The lowest BCUT2D eigenvalue weighted by molar-refractivity contribution is 0.418. The maximum atomic E-state index is 6.20. The van der Waals surface area contributed by atoms with Crippen molar-refractivity contribution < 1.29 is 0 Å². The summed E-state index contributed by atoms with van der Waals surface area (Å²) < 4.78 is 1.90. The molecule has 3 nitrogen and oxygen atoms in total. The molecule has 0 saturated heterocycles. The van der Waals surface area contributed by atoms with Crippen LogP contribution in [0.3, 0.4) is 0 Å². The van der Waals surface area contributed by atoms with Crippen LogP contribution in [0.2, 0.25) is 5.02 Å². The number of aromatic nitrogens is 2. The molecule has 0 amide bonds. The summed E-state index contributed by atoms with van der Waals surface area (Å²) in [5.41, 5.74) is 2.29. The van der Waals surface area contributed by atoms with Gasteiger partial charge in [-0.25, -0.2) is 0 Å². The Morgan fingerprint density at radius 1 is 1.29 bits per heavy atom. The van der Waals surface area contributed by atoms with Crippen LogP contribution in [0.4, 0.5) is 0 Å². The van der Waals surface area contributed by atoms with Gasteiger partial charge < -0.3 is 5.32 Å². The van der Waals surface area contributed by atoms with Crippen LogP contribution in [-0.4, -0.2) is 21.9 Å². The topological polar surface area (TPSA) is 29.9 Å². The maximum Gasteiger partial charge on any atom is 0.0846 e. The van der Waals surface area contributed by atoms with Gasteiger partial charge in [0.1, 0.15) is 0 Å². The van der Waals surface area contributed by atoms with Crippen molar-refractivity contribution in [2.45, 2.75) is 52.5 Å². The molecular weight excluding hydrogens is 234 g/mol. The van der Waals surface area contributed by atoms with Gasteiger partial charge in [0.25, 0.3) is 0 Å². The minimum atomic E-state index is 0.209. The van der Waals surface area contributed by atoms with Crippen LogP contribution >= 0.6 is 11.6 Å². The first kappa shape index (κ1) is 14.5. The number of hydrogen-bond acceptors (Lipinski definition) is 2. The van der Waals surface area contributed by atoms with E-state index in [0.29, 0.717) is 0 Å². The molecule has 0 aliphatic rings. The zero-order valence-electron chi connectivity index (χ0n) is 11.6. The molecule has 1 rings (SSSR count). The number of nitrogens with zero attached hydrogens (tertiary/aromatic N) is 2. The summed E-state index contributed by atoms with van der Waals surface area (Å²) in [6, 6.07) is 0. The molecule has 1 N–H and O–H groups in total. The van der Waals surface area contributed by atoms with E-state index in [1.807, 2.05) is 18.7 Å². The van der Waals surface area contributed by atoms with Gasteiger partial charge in [0, 0.05) is 12.6 Å². The number of hydrogen-bond donors (Lipinski definition) is 1. The van der Waals surface area contributed by atoms with Crippen molar-refractivity contribution in [2.75, 3.05) is 6.54 Å². The van der Waals surface area contributed by atoms with Crippen LogP contribution in [0.15, 0.2) is 0 Å². The highest BCUT2D eigenvalue weighted by Gasteiger charge is 2.11. The summed E-state index contributed by atoms with van der Waals surface area (Å²) >= 11 is 6.20. The van der Waals surface area contributed by atoms with E-state index in [9.17, 15) is 0 Å². The molecule has 0 radical (unpaired) electrons. The summed E-state index contributed by atoms with van der Waals surface area (Å²) in [6.45, 7) is 9.57. The molecule has 0 spiro atoms. The lowest BCUT2D eigenvalue weighted by Gasteiger charge is -2.20. The highest BCUT2D eigenvalue weighted by atomic mass is 35.5. The standard InChI is InChI=1S/C13H24ClN3/c1-10-12(14)11(17(5)16-10)8-6-7-9-15-13(2,3)4/h15H,6-9H2,1-5H3. The summed E-state index contributed by atoms with van der Waals surface area (Å²) in [5, 5.41) is 8.63. The highest BCUT2D eigenvalue weighted by Crippen LogP contribution is 2.20. The van der Waals surface area contributed by atoms with Crippen molar-refractivity contribution in [3.8, 4) is 0 Å². The molecule has 0 aliphatic heterocycles. The van der Waals surface area contributed by atoms with Gasteiger partial charge in [0.2, 0.25) is 0 Å². The third kappa shape index (κ3) is 4.68. The summed E-state index contributed by atoms with van der Waals surface area (Å²) in [6.07, 6.45) is 3.31. The predicted octanol–water partition coefficient (Wildman–Crippen LogP) is 3.09. The fourth-order valence-electron chi connectivity index (χ4n) is 1.83. The average molecular weight is 258 g/mol. The largest absolute Gasteiger partial charge is 0.312 e. The molecular formula is C13H24ClN3. The van der Waals surface area contributed by atoms with Gasteiger partial charge in [-0.15, -0.1) is 0 Å². The first-order valence-electron chi connectivity index (χ1n) is 6.24. The minimum absolute atomic E-state index is 0.209. The van der Waals surface area contributed by atoms with Crippen molar-refractivity contribution >= 4 is 11.6 Å². The van der Waals surface area contributed by atoms with Gasteiger partial charge in [0.15, 0.2) is 0 Å². The van der Waals surface area contributed by atoms with E-state index in [2.05, 4.69) is 31.2 Å². The number of rotatable bonds is 5. The lowest BCUT2D eigenvalue weighted by atomic mass is 10.1. The molecule has 1 aromatic heterocycles. The Morgan fingerprint density at radius 2 is 1.94 bits per heavy atom. The SMILES string of the molecule is Cc1nn(C)c(CCCCNC(C)(C)C)c1Cl. The van der Waals surface area contributed by atoms with Crippen molar-refractivity contribution in [3.63, 3.8) is 0 Å². The van der Waals surface area contributed by atoms with E-state index in [1.54, 1.807) is 0 Å². The second-order valence-corrected chi connectivity index (χ2v) is 5.98. The molecule has 0 atom stereocenters. The quantitative estimate of drug-likeness (QED) is 0.822. The van der Waals surface area contributed by atoms with E-state index >= 15 is 0 Å². The second kappa shape index (κ2) is 5.87. The molecule has 0 aliphatic carbocycles. The zero-order chi connectivity index (χ0) is 13.1. The van der Waals surface area contributed by atoms with Crippen molar-refractivity contribution in [1.82, 2.24) is 15.1 Å². The van der Waals surface area contributed by atoms with Gasteiger partial charge in [-0.05, 0) is 53.5 Å². The summed E-state index contributed by atoms with van der Waals surface area (Å²) in [5.74, 6) is 0. The van der Waals surface area contributed by atoms with E-state index in [0.717, 1.165) is 42.2 Å². The fourth-order valence-corrected chi connectivity index (χ4v) is 2.09. The van der Waals surface area contributed by atoms with Gasteiger partial charge in [-0.2, -0.15) is 5.10 Å². The number of nitrogens with one attached hydrogen (secondary N) is 1. The Balaban J connectivity index is 2.32. The Kier molecular flexibility index (Phi) is 5.02. The van der Waals surface area contributed by atoms with Gasteiger partial charge >= 0.3 is 0 Å². The van der Waals surface area contributed by atoms with E-state index < -0.39 is 0 Å². The Morgan fingerprint density at radius 3 is 2.41 bits per heavy atom. The molecule has 17 heavy (non-hydrogen) atoms. The zero-order valence-corrected chi connectivity index (χ0v) is 12.4. The summed E-state index contributed by atoms with van der Waals surface area (Å²) in [4.78, 5) is 0. The molecule has 0 fully saturated rings. The minimum Gasteiger partial charge on any atom is -0.312 e. The monoisotopic (exact) mass is 257 g/mol. The first-order chi connectivity index (χ1) is 7.81. The Bertz CT molecular complexity index is 363. The molecule has 0 unspecified atom stereocenters. The second-order valence-electron chi connectivity index (χ2n) is 5.60. The molecule has 4 heteroatoms. The first-order valence-corrected chi connectivity index (χ1v) is 6.62. The van der Waals surface area contributed by atoms with Crippen LogP contribution in [0, 0.1) is 6.92 Å². The van der Waals surface area contributed by atoms with E-state index in [-0.39, 0.29) is 5.54 Å². The highest BCUT2D eigenvalue weighted by molar-refractivity contribution is 6.31. The van der Waals surface area contributed by atoms with Crippen molar-refractivity contribution in [3.05, 3.63) is 16.4 Å². The maximum absolute atomic E-state index is 6.20. The third-order valence-corrected chi connectivity index (χ3v) is 3.25. The van der Waals surface area contributed by atoms with E-state index in [1.165, 1.54) is 0 Å². The van der Waals surface area contributed by atoms with Gasteiger partial charge in [-0.1, -0.05) is 11.6 Å². The summed E-state index contributed by atoms with van der Waals surface area (Å²) in [7, 11) is 1.96. The fraction of sp³-hybridized carbons (Fsp3) is 0.769. The van der Waals surface area contributed by atoms with Crippen LogP contribution < -0.4 is 5.32 Å². The average Bonchev–Trinajstić information content (AvgIpc) is 2.42. The smallest absolute Gasteiger partial charge is 0.0846 e. The van der Waals surface area contributed by atoms with E-state index in [4.69, 9.17) is 11.6 Å². The third-order valence-electron chi connectivity index (χ3n) is 2.76. The lowest BCUT2D eigenvalue weighted by Crippen LogP contribution is -2.36. The van der Waals surface area contributed by atoms with Gasteiger partial charge in [-0.3, -0.25) is 4.68 Å². The molecule has 1 aromatic rings. The van der Waals surface area contributed by atoms with Crippen LogP contribution in [0.1, 0.15) is 45.0 Å². The number of aryl methyl sites for hydroxylation is 2. The van der Waals surface area contributed by atoms with Crippen LogP contribution in [0.25, 0.3) is 0 Å². The normalized spacial score (nSPS) is 12.1. The molecule has 0 saturated carbocycles. The number of halogens is 1. The molecule has 1 heterocycles. The van der Waals surface area contributed by atoms with Crippen molar-refractivity contribution in [2.24, 2.45) is 7.05 Å². The number of unbranched alkanes of at least 4 members (excludes halogenated alkanes) is 1. The van der Waals surface area contributed by atoms with Crippen molar-refractivity contribution in [1.29, 1.82) is 0 Å². The predicted molar refractivity (Wildman–Crippen MR) is 73.6 cm³/mol. The van der Waals surface area contributed by atoms with Crippen LogP contribution in [0.5, 0.6) is 0 Å². The Labute approximate surface area is 110 Å². The molecule has 0 bridgehead atoms. The molecule has 98 valence electrons.